The molecule has 0 fully saturated rings. The highest BCUT2D eigenvalue weighted by Crippen LogP contribution is 2.17. The van der Waals surface area contributed by atoms with Gasteiger partial charge in [0.05, 0.1) is 6.61 Å². The maximum absolute atomic E-state index is 12.0. The summed E-state index contributed by atoms with van der Waals surface area (Å²) in [4.78, 5) is 29.2. The molecule has 1 rings (SSSR count). The largest absolute Gasteiger partial charge is 0.448 e. The van der Waals surface area contributed by atoms with E-state index in [0.29, 0.717) is 16.7 Å². The number of hydrogen-bond acceptors (Lipinski definition) is 6. The normalized spacial score (nSPS) is 11.3. The molecule has 122 valence electrons. The lowest BCUT2D eigenvalue weighted by molar-refractivity contribution is 0.141. The molecule has 0 unspecified atom stereocenters. The van der Waals surface area contributed by atoms with Crippen LogP contribution in [-0.4, -0.2) is 53.3 Å². The van der Waals surface area contributed by atoms with Gasteiger partial charge in [-0.1, -0.05) is 42.5 Å². The molecule has 2 amide bonds. The van der Waals surface area contributed by atoms with Crippen molar-refractivity contribution in [2.45, 2.75) is 24.1 Å². The lowest BCUT2D eigenvalue weighted by Gasteiger charge is -2.04. The predicted molar refractivity (Wildman–Crippen MR) is 87.3 cm³/mol. The zero-order valence-electron chi connectivity index (χ0n) is 12.9. The number of carbonyl (C=O) groups is 2. The van der Waals surface area contributed by atoms with Gasteiger partial charge in [-0.2, -0.15) is 4.99 Å². The Morgan fingerprint density at radius 1 is 1.55 bits per heavy atom. The summed E-state index contributed by atoms with van der Waals surface area (Å²) >= 11 is 2.58. The van der Waals surface area contributed by atoms with Gasteiger partial charge in [-0.25, -0.2) is 9.59 Å². The Hall–Kier alpha value is -1.61. The highest BCUT2D eigenvalue weighted by atomic mass is 32.2. The number of aromatic nitrogens is 2. The van der Waals surface area contributed by atoms with E-state index in [1.54, 1.807) is 20.2 Å². The minimum atomic E-state index is -0.625. The molecule has 0 saturated heterocycles. The van der Waals surface area contributed by atoms with E-state index in [1.807, 2.05) is 6.92 Å². The number of rotatable bonds is 6. The van der Waals surface area contributed by atoms with Gasteiger partial charge in [0.2, 0.25) is 4.80 Å². The third-order valence-electron chi connectivity index (χ3n) is 2.34. The van der Waals surface area contributed by atoms with Crippen LogP contribution >= 0.6 is 23.1 Å². The van der Waals surface area contributed by atoms with Crippen molar-refractivity contribution in [1.29, 1.82) is 0 Å². The summed E-state index contributed by atoms with van der Waals surface area (Å²) in [6.45, 7) is 5.95. The molecule has 0 bridgehead atoms. The monoisotopic (exact) mass is 344 g/mol. The smallest absolute Gasteiger partial charge is 0.437 e. The molecule has 0 spiro atoms. The molecule has 0 atom stereocenters. The van der Waals surface area contributed by atoms with E-state index in [9.17, 15) is 9.59 Å². The summed E-state index contributed by atoms with van der Waals surface area (Å²) in [6.07, 6.45) is 2.81. The fraction of sp³-hybridized carbons (Fsp3) is 0.538. The second-order valence-electron chi connectivity index (χ2n) is 4.42. The summed E-state index contributed by atoms with van der Waals surface area (Å²) in [6, 6.07) is -0.459. The van der Waals surface area contributed by atoms with Crippen LogP contribution in [0.3, 0.4) is 0 Å². The predicted octanol–water partition coefficient (Wildman–Crippen LogP) is 2.59. The first kappa shape index (κ1) is 18.4. The number of unbranched alkanes of at least 4 members (excludes halogenated alkanes) is 1. The van der Waals surface area contributed by atoms with Gasteiger partial charge in [0.15, 0.2) is 4.34 Å². The van der Waals surface area contributed by atoms with Crippen molar-refractivity contribution in [2.24, 2.45) is 4.99 Å². The molecule has 0 aliphatic carbocycles. The van der Waals surface area contributed by atoms with E-state index in [2.05, 4.69) is 16.7 Å². The summed E-state index contributed by atoms with van der Waals surface area (Å²) in [7, 11) is 3.17. The van der Waals surface area contributed by atoms with Crippen LogP contribution in [0.25, 0.3) is 0 Å². The van der Waals surface area contributed by atoms with Gasteiger partial charge in [0, 0.05) is 19.8 Å². The van der Waals surface area contributed by atoms with Crippen molar-refractivity contribution < 1.29 is 14.3 Å². The molecule has 9 heteroatoms. The molecule has 7 nitrogen and oxygen atoms in total. The SMILES string of the molecule is C=CCSc1nn(C(=O)OCCCC)c(=NC(=O)N(C)C)s1. The topological polar surface area (TPSA) is 76.8 Å². The molecule has 0 aliphatic rings. The van der Waals surface area contributed by atoms with E-state index in [-0.39, 0.29) is 4.80 Å². The number of nitrogens with zero attached hydrogens (tertiary/aromatic N) is 4. The van der Waals surface area contributed by atoms with Gasteiger partial charge in [0.25, 0.3) is 0 Å². The van der Waals surface area contributed by atoms with E-state index in [4.69, 9.17) is 4.74 Å². The lowest BCUT2D eigenvalue weighted by atomic mass is 10.4. The van der Waals surface area contributed by atoms with Gasteiger partial charge in [-0.15, -0.1) is 16.4 Å². The molecule has 0 N–H and O–H groups in total. The molecule has 0 aliphatic heterocycles. The highest BCUT2D eigenvalue weighted by molar-refractivity contribution is 8.01. The Balaban J connectivity index is 3.05. The second-order valence-corrected chi connectivity index (χ2v) is 6.64. The van der Waals surface area contributed by atoms with Crippen LogP contribution in [0.15, 0.2) is 22.0 Å². The van der Waals surface area contributed by atoms with Crippen LogP contribution in [0.4, 0.5) is 9.59 Å². The third kappa shape index (κ3) is 5.64. The summed E-state index contributed by atoms with van der Waals surface area (Å²) < 4.78 is 6.78. The first-order valence-electron chi connectivity index (χ1n) is 6.76. The molecule has 1 aromatic rings. The number of amides is 2. The minimum absolute atomic E-state index is 0.201. The minimum Gasteiger partial charge on any atom is -0.448 e. The third-order valence-corrected chi connectivity index (χ3v) is 4.37. The van der Waals surface area contributed by atoms with Gasteiger partial charge in [-0.3, -0.25) is 0 Å². The number of hydrogen-bond donors (Lipinski definition) is 0. The van der Waals surface area contributed by atoms with E-state index >= 15 is 0 Å². The zero-order chi connectivity index (χ0) is 16.5. The van der Waals surface area contributed by atoms with Crippen molar-refractivity contribution in [3.63, 3.8) is 0 Å². The average Bonchev–Trinajstić information content (AvgIpc) is 2.88. The summed E-state index contributed by atoms with van der Waals surface area (Å²) in [5, 5.41) is 4.15. The summed E-state index contributed by atoms with van der Waals surface area (Å²) in [5.74, 6) is 0.652. The molecular weight excluding hydrogens is 324 g/mol. The van der Waals surface area contributed by atoms with Crippen LogP contribution in [0, 0.1) is 0 Å². The Kier molecular flexibility index (Phi) is 7.89. The molecular formula is C13H20N4O3S2. The zero-order valence-corrected chi connectivity index (χ0v) is 14.6. The Morgan fingerprint density at radius 2 is 2.27 bits per heavy atom. The van der Waals surface area contributed by atoms with E-state index < -0.39 is 12.1 Å². The van der Waals surface area contributed by atoms with Crippen LogP contribution in [0.5, 0.6) is 0 Å². The Morgan fingerprint density at radius 3 is 2.86 bits per heavy atom. The second kappa shape index (κ2) is 9.42. The van der Waals surface area contributed by atoms with Gasteiger partial charge in [-0.05, 0) is 6.42 Å². The van der Waals surface area contributed by atoms with Crippen molar-refractivity contribution in [2.75, 3.05) is 26.5 Å². The highest BCUT2D eigenvalue weighted by Gasteiger charge is 2.15. The first-order valence-corrected chi connectivity index (χ1v) is 8.56. The number of ether oxygens (including phenoxy) is 1. The van der Waals surface area contributed by atoms with Crippen molar-refractivity contribution >= 4 is 35.2 Å². The standard InChI is InChI=1S/C13H20N4O3S2/c1-5-7-8-20-13(19)17-11(14-10(18)16(3)4)22-12(15-17)21-9-6-2/h6H,2,5,7-9H2,1,3-4H3. The van der Waals surface area contributed by atoms with E-state index in [1.165, 1.54) is 16.7 Å². The average molecular weight is 344 g/mol. The van der Waals surface area contributed by atoms with Gasteiger partial charge < -0.3 is 9.64 Å². The van der Waals surface area contributed by atoms with E-state index in [0.717, 1.165) is 28.9 Å². The quantitative estimate of drug-likeness (QED) is 0.450. The van der Waals surface area contributed by atoms with Crippen LogP contribution in [0.1, 0.15) is 19.8 Å². The Bertz CT molecular complexity index is 592. The van der Waals surface area contributed by atoms with Gasteiger partial charge in [0.1, 0.15) is 0 Å². The van der Waals surface area contributed by atoms with Crippen LogP contribution < -0.4 is 4.80 Å². The molecule has 1 aromatic heterocycles. The first-order chi connectivity index (χ1) is 10.5. The maximum atomic E-state index is 12.0. The number of urea groups is 1. The summed E-state index contributed by atoms with van der Waals surface area (Å²) in [5.41, 5.74) is 0. The molecule has 0 aromatic carbocycles. The number of carbonyl (C=O) groups excluding carboxylic acids is 2. The fourth-order valence-corrected chi connectivity index (χ4v) is 2.86. The lowest BCUT2D eigenvalue weighted by Crippen LogP contribution is -2.29. The Labute approximate surface area is 137 Å². The maximum Gasteiger partial charge on any atom is 0.437 e. The van der Waals surface area contributed by atoms with Gasteiger partial charge >= 0.3 is 12.1 Å². The van der Waals surface area contributed by atoms with Crippen LogP contribution in [0.2, 0.25) is 0 Å². The molecule has 0 saturated carbocycles. The fourth-order valence-electron chi connectivity index (χ4n) is 1.19. The van der Waals surface area contributed by atoms with Crippen molar-refractivity contribution in [3.8, 4) is 0 Å². The number of thioether (sulfide) groups is 1. The van der Waals surface area contributed by atoms with Crippen molar-refractivity contribution in [3.05, 3.63) is 17.5 Å². The molecule has 1 heterocycles. The van der Waals surface area contributed by atoms with Crippen LogP contribution in [-0.2, 0) is 4.74 Å². The molecule has 22 heavy (non-hydrogen) atoms. The molecule has 0 radical (unpaired) electrons. The van der Waals surface area contributed by atoms with Crippen molar-refractivity contribution in [1.82, 2.24) is 14.7 Å².